The molecule has 1 heterocycles. The molecular weight excluding hydrogens is 205 g/mol. The van der Waals surface area contributed by atoms with E-state index < -0.39 is 17.8 Å². The Balaban J connectivity index is 2.96. The third kappa shape index (κ3) is 2.70. The van der Waals surface area contributed by atoms with E-state index in [0.717, 1.165) is 12.3 Å². The number of nitrogens with one attached hydrogen (secondary N) is 1. The lowest BCUT2D eigenvalue weighted by molar-refractivity contribution is -0.137. The molecule has 0 fully saturated rings. The molecule has 15 heavy (non-hydrogen) atoms. The molecule has 1 aromatic heterocycles. The van der Waals surface area contributed by atoms with Gasteiger partial charge in [0.05, 0.1) is 11.3 Å². The van der Waals surface area contributed by atoms with Crippen molar-refractivity contribution in [2.45, 2.75) is 12.2 Å². The second-order valence-electron chi connectivity index (χ2n) is 2.86. The number of hydrogen-bond acceptors (Lipinski definition) is 2. The van der Waals surface area contributed by atoms with Crippen molar-refractivity contribution in [2.24, 2.45) is 0 Å². The van der Waals surface area contributed by atoms with Crippen molar-refractivity contribution in [3.05, 3.63) is 29.6 Å². The van der Waals surface area contributed by atoms with E-state index in [1.807, 2.05) is 0 Å². The summed E-state index contributed by atoms with van der Waals surface area (Å²) >= 11 is 0. The number of nitrogens with zero attached hydrogens (tertiary/aromatic N) is 1. The Labute approximate surface area is 85.5 Å². The van der Waals surface area contributed by atoms with E-state index in [9.17, 15) is 13.2 Å². The monoisotopic (exact) mass is 214 g/mol. The molecule has 0 aromatic carbocycles. The van der Waals surface area contributed by atoms with Crippen LogP contribution in [0.4, 0.5) is 13.2 Å². The van der Waals surface area contributed by atoms with Crippen LogP contribution in [0, 0.1) is 12.3 Å². The van der Waals surface area contributed by atoms with E-state index in [4.69, 9.17) is 6.42 Å². The number of hydrogen-bond donors (Lipinski definition) is 1. The van der Waals surface area contributed by atoms with Gasteiger partial charge in [-0.1, -0.05) is 5.92 Å². The average Bonchev–Trinajstić information content (AvgIpc) is 2.19. The molecule has 0 amide bonds. The molecule has 0 aliphatic carbocycles. The summed E-state index contributed by atoms with van der Waals surface area (Å²) in [7, 11) is 1.61. The van der Waals surface area contributed by atoms with Crippen molar-refractivity contribution in [1.29, 1.82) is 0 Å². The number of halogens is 3. The smallest absolute Gasteiger partial charge is 0.302 e. The molecule has 2 nitrogen and oxygen atoms in total. The number of rotatable bonds is 2. The normalized spacial score (nSPS) is 13.3. The predicted octanol–water partition coefficient (Wildman–Crippen LogP) is 1.99. The molecule has 0 saturated heterocycles. The fourth-order valence-corrected chi connectivity index (χ4v) is 1.06. The first-order chi connectivity index (χ1) is 6.99. The van der Waals surface area contributed by atoms with Crippen LogP contribution in [0.15, 0.2) is 18.3 Å². The second kappa shape index (κ2) is 4.32. The molecular formula is C10H9F3N2. The van der Waals surface area contributed by atoms with Crippen molar-refractivity contribution in [3.8, 4) is 12.3 Å². The van der Waals surface area contributed by atoms with Crippen molar-refractivity contribution in [1.82, 2.24) is 10.3 Å². The maximum Gasteiger partial charge on any atom is 0.417 e. The Kier molecular flexibility index (Phi) is 3.32. The fraction of sp³-hybridized carbons (Fsp3) is 0.300. The Bertz CT molecular complexity index is 362. The van der Waals surface area contributed by atoms with E-state index in [1.54, 1.807) is 7.05 Å². The first-order valence-corrected chi connectivity index (χ1v) is 4.15. The van der Waals surface area contributed by atoms with Gasteiger partial charge in [-0.3, -0.25) is 4.98 Å². The summed E-state index contributed by atoms with van der Waals surface area (Å²) in [4.78, 5) is 3.66. The Morgan fingerprint density at radius 1 is 1.47 bits per heavy atom. The molecule has 1 rings (SSSR count). The van der Waals surface area contributed by atoms with Gasteiger partial charge in [-0.2, -0.15) is 13.2 Å². The van der Waals surface area contributed by atoms with Gasteiger partial charge in [-0.15, -0.1) is 6.42 Å². The summed E-state index contributed by atoms with van der Waals surface area (Å²) in [5.41, 5.74) is -0.383. The predicted molar refractivity (Wildman–Crippen MR) is 49.9 cm³/mol. The topological polar surface area (TPSA) is 24.9 Å². The highest BCUT2D eigenvalue weighted by Gasteiger charge is 2.30. The van der Waals surface area contributed by atoms with Gasteiger partial charge in [0, 0.05) is 6.20 Å². The number of pyridine rings is 1. The zero-order valence-electron chi connectivity index (χ0n) is 7.97. The zero-order valence-corrected chi connectivity index (χ0v) is 7.97. The SMILES string of the molecule is C#CC(NC)c1ccc(C(F)(F)F)cn1. The standard InChI is InChI=1S/C10H9F3N2/c1-3-8(14-2)9-5-4-7(6-15-9)10(11,12)13/h1,4-6,8,14H,2H3. The van der Waals surface area contributed by atoms with Crippen LogP contribution < -0.4 is 5.32 Å². The highest BCUT2D eigenvalue weighted by atomic mass is 19.4. The quantitative estimate of drug-likeness (QED) is 0.761. The number of terminal acetylenes is 1. The Hall–Kier alpha value is -1.54. The molecule has 0 saturated carbocycles. The Morgan fingerprint density at radius 3 is 2.47 bits per heavy atom. The first kappa shape index (κ1) is 11.5. The van der Waals surface area contributed by atoms with Crippen LogP contribution >= 0.6 is 0 Å². The van der Waals surface area contributed by atoms with E-state index >= 15 is 0 Å². The van der Waals surface area contributed by atoms with E-state index in [-0.39, 0.29) is 0 Å². The van der Waals surface area contributed by atoms with Crippen LogP contribution in [-0.2, 0) is 6.18 Å². The van der Waals surface area contributed by atoms with Crippen LogP contribution in [0.1, 0.15) is 17.3 Å². The van der Waals surface area contributed by atoms with E-state index in [1.165, 1.54) is 6.07 Å². The molecule has 0 spiro atoms. The molecule has 1 aromatic rings. The summed E-state index contributed by atoms with van der Waals surface area (Å²) in [6.07, 6.45) is 1.57. The van der Waals surface area contributed by atoms with E-state index in [2.05, 4.69) is 16.2 Å². The summed E-state index contributed by atoms with van der Waals surface area (Å²) in [5, 5.41) is 2.75. The molecule has 0 aliphatic rings. The largest absolute Gasteiger partial charge is 0.417 e. The zero-order chi connectivity index (χ0) is 11.5. The van der Waals surface area contributed by atoms with Gasteiger partial charge in [0.1, 0.15) is 6.04 Å². The Morgan fingerprint density at radius 2 is 2.13 bits per heavy atom. The van der Waals surface area contributed by atoms with Gasteiger partial charge in [0.15, 0.2) is 0 Å². The average molecular weight is 214 g/mol. The minimum atomic E-state index is -4.36. The molecule has 1 atom stereocenters. The third-order valence-electron chi connectivity index (χ3n) is 1.86. The maximum absolute atomic E-state index is 12.2. The maximum atomic E-state index is 12.2. The van der Waals surface area contributed by atoms with Gasteiger partial charge in [0.2, 0.25) is 0 Å². The lowest BCUT2D eigenvalue weighted by Crippen LogP contribution is -2.16. The second-order valence-corrected chi connectivity index (χ2v) is 2.86. The van der Waals surface area contributed by atoms with E-state index in [0.29, 0.717) is 5.69 Å². The van der Waals surface area contributed by atoms with Crippen LogP contribution in [0.25, 0.3) is 0 Å². The summed E-state index contributed by atoms with van der Waals surface area (Å²) in [6.45, 7) is 0. The molecule has 1 unspecified atom stereocenters. The fourth-order valence-electron chi connectivity index (χ4n) is 1.06. The highest BCUT2D eigenvalue weighted by molar-refractivity contribution is 5.23. The van der Waals surface area contributed by atoms with Crippen LogP contribution in [0.2, 0.25) is 0 Å². The van der Waals surface area contributed by atoms with Gasteiger partial charge >= 0.3 is 6.18 Å². The summed E-state index contributed by atoms with van der Waals surface area (Å²) < 4.78 is 36.6. The van der Waals surface area contributed by atoms with Crippen molar-refractivity contribution in [2.75, 3.05) is 7.05 Å². The minimum Gasteiger partial charge on any atom is -0.302 e. The van der Waals surface area contributed by atoms with Crippen LogP contribution in [0.3, 0.4) is 0 Å². The molecule has 1 N–H and O–H groups in total. The van der Waals surface area contributed by atoms with Gasteiger partial charge in [-0.05, 0) is 19.2 Å². The van der Waals surface area contributed by atoms with Crippen molar-refractivity contribution >= 4 is 0 Å². The van der Waals surface area contributed by atoms with Crippen LogP contribution in [0.5, 0.6) is 0 Å². The molecule has 0 radical (unpaired) electrons. The third-order valence-corrected chi connectivity index (χ3v) is 1.86. The summed E-state index contributed by atoms with van der Waals surface area (Å²) in [5.74, 6) is 2.37. The van der Waals surface area contributed by atoms with Crippen molar-refractivity contribution < 1.29 is 13.2 Å². The highest BCUT2D eigenvalue weighted by Crippen LogP contribution is 2.28. The van der Waals surface area contributed by atoms with Gasteiger partial charge < -0.3 is 5.32 Å². The first-order valence-electron chi connectivity index (χ1n) is 4.15. The number of aromatic nitrogens is 1. The lowest BCUT2D eigenvalue weighted by atomic mass is 10.1. The lowest BCUT2D eigenvalue weighted by Gasteiger charge is -2.10. The van der Waals surface area contributed by atoms with Gasteiger partial charge in [0.25, 0.3) is 0 Å². The minimum absolute atomic E-state index is 0.396. The van der Waals surface area contributed by atoms with Crippen molar-refractivity contribution in [3.63, 3.8) is 0 Å². The summed E-state index contributed by atoms with van der Waals surface area (Å²) in [6, 6.07) is 1.76. The molecule has 80 valence electrons. The van der Waals surface area contributed by atoms with Crippen LogP contribution in [-0.4, -0.2) is 12.0 Å². The molecule has 5 heteroatoms. The van der Waals surface area contributed by atoms with Gasteiger partial charge in [-0.25, -0.2) is 0 Å². The molecule has 0 aliphatic heterocycles. The number of alkyl halides is 3. The molecule has 0 bridgehead atoms.